The summed E-state index contributed by atoms with van der Waals surface area (Å²) < 4.78 is 5.46. The highest BCUT2D eigenvalue weighted by Gasteiger charge is 2.14. The van der Waals surface area contributed by atoms with Crippen molar-refractivity contribution in [1.82, 2.24) is 9.97 Å². The molecule has 1 aromatic heterocycles. The standard InChI is InChI=1S/C15H21N3O/c1-4-11-5-6-14(19-3)12(9-11)15-13(7-8-16)17-10(2)18-15/h5-6,9H,4,7-8,16H2,1-3H3,(H,17,18). The topological polar surface area (TPSA) is 63.9 Å². The number of aromatic amines is 1. The summed E-state index contributed by atoms with van der Waals surface area (Å²) in [5.41, 5.74) is 10.0. The lowest BCUT2D eigenvalue weighted by atomic mass is 10.0. The lowest BCUT2D eigenvalue weighted by Gasteiger charge is -2.10. The lowest BCUT2D eigenvalue weighted by Crippen LogP contribution is -2.04. The minimum atomic E-state index is 0.602. The second-order valence-corrected chi connectivity index (χ2v) is 4.58. The minimum absolute atomic E-state index is 0.602. The molecule has 3 N–H and O–H groups in total. The summed E-state index contributed by atoms with van der Waals surface area (Å²) in [6.45, 7) is 4.70. The molecule has 2 rings (SSSR count). The smallest absolute Gasteiger partial charge is 0.128 e. The zero-order valence-electron chi connectivity index (χ0n) is 11.8. The van der Waals surface area contributed by atoms with Gasteiger partial charge in [-0.2, -0.15) is 0 Å². The van der Waals surface area contributed by atoms with E-state index < -0.39 is 0 Å². The predicted molar refractivity (Wildman–Crippen MR) is 77.4 cm³/mol. The fourth-order valence-corrected chi connectivity index (χ4v) is 2.25. The normalized spacial score (nSPS) is 10.7. The fraction of sp³-hybridized carbons (Fsp3) is 0.400. The maximum Gasteiger partial charge on any atom is 0.128 e. The van der Waals surface area contributed by atoms with Crippen molar-refractivity contribution in [2.75, 3.05) is 13.7 Å². The second-order valence-electron chi connectivity index (χ2n) is 4.58. The molecule has 0 saturated heterocycles. The number of ether oxygens (including phenoxy) is 1. The molecule has 0 unspecified atom stereocenters. The molecule has 0 bridgehead atoms. The molecular formula is C15H21N3O. The van der Waals surface area contributed by atoms with Crippen molar-refractivity contribution < 1.29 is 4.74 Å². The number of H-pyrrole nitrogens is 1. The van der Waals surface area contributed by atoms with Crippen LogP contribution >= 0.6 is 0 Å². The quantitative estimate of drug-likeness (QED) is 0.867. The van der Waals surface area contributed by atoms with Crippen LogP contribution in [0.4, 0.5) is 0 Å². The molecule has 0 saturated carbocycles. The van der Waals surface area contributed by atoms with E-state index in [-0.39, 0.29) is 0 Å². The fourth-order valence-electron chi connectivity index (χ4n) is 2.25. The van der Waals surface area contributed by atoms with Crippen LogP contribution in [0.2, 0.25) is 0 Å². The van der Waals surface area contributed by atoms with E-state index >= 15 is 0 Å². The van der Waals surface area contributed by atoms with Crippen LogP contribution in [0.1, 0.15) is 24.0 Å². The molecule has 0 atom stereocenters. The maximum absolute atomic E-state index is 5.66. The van der Waals surface area contributed by atoms with Gasteiger partial charge in [-0.25, -0.2) is 4.98 Å². The molecule has 0 aliphatic carbocycles. The molecule has 2 aromatic rings. The van der Waals surface area contributed by atoms with Crippen molar-refractivity contribution in [1.29, 1.82) is 0 Å². The third-order valence-electron chi connectivity index (χ3n) is 3.22. The summed E-state index contributed by atoms with van der Waals surface area (Å²) >= 11 is 0. The van der Waals surface area contributed by atoms with E-state index in [1.807, 2.05) is 13.0 Å². The summed E-state index contributed by atoms with van der Waals surface area (Å²) in [5.74, 6) is 1.75. The van der Waals surface area contributed by atoms with Gasteiger partial charge in [-0.05, 0) is 37.6 Å². The van der Waals surface area contributed by atoms with Gasteiger partial charge in [-0.1, -0.05) is 13.0 Å². The van der Waals surface area contributed by atoms with E-state index in [0.29, 0.717) is 6.54 Å². The lowest BCUT2D eigenvalue weighted by molar-refractivity contribution is 0.416. The van der Waals surface area contributed by atoms with Crippen LogP contribution in [0, 0.1) is 6.92 Å². The van der Waals surface area contributed by atoms with Crippen LogP contribution in [0.15, 0.2) is 18.2 Å². The van der Waals surface area contributed by atoms with Crippen molar-refractivity contribution in [3.8, 4) is 17.0 Å². The number of nitrogens with zero attached hydrogens (tertiary/aromatic N) is 1. The molecule has 0 aliphatic heterocycles. The molecule has 0 fully saturated rings. The second kappa shape index (κ2) is 5.89. The van der Waals surface area contributed by atoms with Gasteiger partial charge in [0, 0.05) is 17.7 Å². The van der Waals surface area contributed by atoms with Gasteiger partial charge in [-0.15, -0.1) is 0 Å². The van der Waals surface area contributed by atoms with Crippen LogP contribution < -0.4 is 10.5 Å². The van der Waals surface area contributed by atoms with Crippen LogP contribution in [0.5, 0.6) is 5.75 Å². The van der Waals surface area contributed by atoms with Crippen LogP contribution in [0.25, 0.3) is 11.3 Å². The van der Waals surface area contributed by atoms with Crippen LogP contribution in [-0.2, 0) is 12.8 Å². The predicted octanol–water partition coefficient (Wildman–Crippen LogP) is 2.46. The van der Waals surface area contributed by atoms with Gasteiger partial charge in [0.2, 0.25) is 0 Å². The highest BCUT2D eigenvalue weighted by molar-refractivity contribution is 5.70. The Morgan fingerprint density at radius 3 is 2.79 bits per heavy atom. The Morgan fingerprint density at radius 1 is 1.37 bits per heavy atom. The first-order chi connectivity index (χ1) is 9.19. The number of rotatable bonds is 5. The first-order valence-corrected chi connectivity index (χ1v) is 6.62. The Labute approximate surface area is 114 Å². The molecule has 1 aromatic carbocycles. The maximum atomic E-state index is 5.66. The van der Waals surface area contributed by atoms with Gasteiger partial charge in [-0.3, -0.25) is 0 Å². The third-order valence-corrected chi connectivity index (χ3v) is 3.22. The number of nitrogens with one attached hydrogen (secondary N) is 1. The molecule has 0 radical (unpaired) electrons. The van der Waals surface area contributed by atoms with Crippen molar-refractivity contribution in [3.63, 3.8) is 0 Å². The van der Waals surface area contributed by atoms with E-state index in [1.54, 1.807) is 7.11 Å². The Bertz CT molecular complexity index is 561. The molecule has 19 heavy (non-hydrogen) atoms. The summed E-state index contributed by atoms with van der Waals surface area (Å²) in [4.78, 5) is 7.88. The molecule has 0 aliphatic rings. The number of hydrogen-bond donors (Lipinski definition) is 2. The molecule has 0 amide bonds. The number of nitrogens with two attached hydrogens (primary N) is 1. The number of imidazole rings is 1. The van der Waals surface area contributed by atoms with Gasteiger partial charge in [0.05, 0.1) is 12.8 Å². The van der Waals surface area contributed by atoms with Gasteiger partial charge < -0.3 is 15.5 Å². The zero-order chi connectivity index (χ0) is 13.8. The first-order valence-electron chi connectivity index (χ1n) is 6.62. The van der Waals surface area contributed by atoms with Crippen LogP contribution in [-0.4, -0.2) is 23.6 Å². The Morgan fingerprint density at radius 2 is 2.16 bits per heavy atom. The monoisotopic (exact) mass is 259 g/mol. The zero-order valence-corrected chi connectivity index (χ0v) is 11.8. The molecule has 0 spiro atoms. The van der Waals surface area contributed by atoms with E-state index in [0.717, 1.165) is 41.4 Å². The molecule has 4 heteroatoms. The minimum Gasteiger partial charge on any atom is -0.496 e. The van der Waals surface area contributed by atoms with Crippen molar-refractivity contribution in [3.05, 3.63) is 35.3 Å². The molecular weight excluding hydrogens is 238 g/mol. The average molecular weight is 259 g/mol. The number of hydrogen-bond acceptors (Lipinski definition) is 3. The molecule has 102 valence electrons. The van der Waals surface area contributed by atoms with E-state index in [4.69, 9.17) is 10.5 Å². The molecule has 4 nitrogen and oxygen atoms in total. The Kier molecular flexibility index (Phi) is 4.22. The number of methoxy groups -OCH3 is 1. The average Bonchev–Trinajstić information content (AvgIpc) is 2.79. The summed E-state index contributed by atoms with van der Waals surface area (Å²) in [7, 11) is 1.69. The highest BCUT2D eigenvalue weighted by atomic mass is 16.5. The van der Waals surface area contributed by atoms with Crippen molar-refractivity contribution in [2.45, 2.75) is 26.7 Å². The van der Waals surface area contributed by atoms with E-state index in [9.17, 15) is 0 Å². The van der Waals surface area contributed by atoms with E-state index in [2.05, 4.69) is 29.0 Å². The largest absolute Gasteiger partial charge is 0.496 e. The number of benzene rings is 1. The Balaban J connectivity index is 2.55. The third kappa shape index (κ3) is 2.79. The van der Waals surface area contributed by atoms with E-state index in [1.165, 1.54) is 5.56 Å². The van der Waals surface area contributed by atoms with Crippen molar-refractivity contribution >= 4 is 0 Å². The van der Waals surface area contributed by atoms with Gasteiger partial charge in [0.15, 0.2) is 0 Å². The summed E-state index contributed by atoms with van der Waals surface area (Å²) in [6.07, 6.45) is 1.78. The first kappa shape index (κ1) is 13.6. The Hall–Kier alpha value is -1.81. The summed E-state index contributed by atoms with van der Waals surface area (Å²) in [5, 5.41) is 0. The highest BCUT2D eigenvalue weighted by Crippen LogP contribution is 2.32. The van der Waals surface area contributed by atoms with Gasteiger partial charge in [0.1, 0.15) is 11.6 Å². The number of aromatic nitrogens is 2. The van der Waals surface area contributed by atoms with Gasteiger partial charge >= 0.3 is 0 Å². The van der Waals surface area contributed by atoms with Gasteiger partial charge in [0.25, 0.3) is 0 Å². The number of aryl methyl sites for hydroxylation is 2. The summed E-state index contributed by atoms with van der Waals surface area (Å²) in [6, 6.07) is 6.24. The molecule has 1 heterocycles. The van der Waals surface area contributed by atoms with Crippen LogP contribution in [0.3, 0.4) is 0 Å². The van der Waals surface area contributed by atoms with Crippen molar-refractivity contribution in [2.24, 2.45) is 5.73 Å². The SMILES string of the molecule is CCc1ccc(OC)c(-c2nc(C)[nH]c2CCN)c1.